The van der Waals surface area contributed by atoms with Crippen LogP contribution in [-0.4, -0.2) is 72.6 Å². The van der Waals surface area contributed by atoms with Crippen LogP contribution in [0.2, 0.25) is 0 Å². The van der Waals surface area contributed by atoms with Crippen LogP contribution in [0.4, 0.5) is 0 Å². The molecule has 8 nitrogen and oxygen atoms in total. The number of carbonyl (C=O) groups is 3. The monoisotopic (exact) mass is 362 g/mol. The average molecular weight is 362 g/mol. The van der Waals surface area contributed by atoms with E-state index in [-0.39, 0.29) is 24.9 Å². The second kappa shape index (κ2) is 7.63. The van der Waals surface area contributed by atoms with Crippen LogP contribution < -0.4 is 9.47 Å². The second-order valence-electron chi connectivity index (χ2n) is 6.54. The van der Waals surface area contributed by atoms with Crippen LogP contribution in [-0.2, 0) is 9.59 Å². The molecule has 1 unspecified atom stereocenters. The Labute approximate surface area is 151 Å². The molecular formula is C18H22N2O6. The number of benzene rings is 1. The summed E-state index contributed by atoms with van der Waals surface area (Å²) in [6, 6.07) is 4.93. The minimum absolute atomic E-state index is 0.0976. The number of likely N-dealkylation sites (N-methyl/N-ethyl adjacent to an activating group) is 1. The predicted molar refractivity (Wildman–Crippen MR) is 91.3 cm³/mol. The molecule has 0 saturated carbocycles. The third-order valence-corrected chi connectivity index (χ3v) is 4.63. The van der Waals surface area contributed by atoms with E-state index in [4.69, 9.17) is 14.6 Å². The Bertz CT molecular complexity index is 720. The summed E-state index contributed by atoms with van der Waals surface area (Å²) >= 11 is 0. The predicted octanol–water partition coefficient (Wildman–Crippen LogP) is 0.853. The number of aliphatic carboxylic acids is 1. The molecule has 1 atom stereocenters. The lowest BCUT2D eigenvalue weighted by atomic mass is 9.98. The van der Waals surface area contributed by atoms with Crippen molar-refractivity contribution in [2.75, 3.05) is 39.9 Å². The largest absolute Gasteiger partial charge is 0.486 e. The van der Waals surface area contributed by atoms with Crippen LogP contribution in [0, 0.1) is 5.92 Å². The SMILES string of the molecule is CN(CC(=O)N1CCCC(C(=O)O)C1)C(=O)c1ccc2c(c1)OCCO2. The van der Waals surface area contributed by atoms with Crippen molar-refractivity contribution in [3.8, 4) is 11.5 Å². The number of fused-ring (bicyclic) bond motifs is 1. The van der Waals surface area contributed by atoms with E-state index in [1.54, 1.807) is 25.2 Å². The number of hydrogen-bond donors (Lipinski definition) is 1. The molecule has 1 fully saturated rings. The lowest BCUT2D eigenvalue weighted by molar-refractivity contribution is -0.145. The van der Waals surface area contributed by atoms with Gasteiger partial charge in [-0.05, 0) is 31.0 Å². The van der Waals surface area contributed by atoms with Gasteiger partial charge in [0.05, 0.1) is 12.5 Å². The Morgan fingerprint density at radius 3 is 2.69 bits per heavy atom. The van der Waals surface area contributed by atoms with Gasteiger partial charge < -0.3 is 24.4 Å². The number of carbonyl (C=O) groups excluding carboxylic acids is 2. The van der Waals surface area contributed by atoms with Crippen molar-refractivity contribution >= 4 is 17.8 Å². The van der Waals surface area contributed by atoms with Gasteiger partial charge in [0.1, 0.15) is 13.2 Å². The van der Waals surface area contributed by atoms with Gasteiger partial charge in [-0.25, -0.2) is 0 Å². The van der Waals surface area contributed by atoms with Gasteiger partial charge in [-0.1, -0.05) is 0 Å². The third kappa shape index (κ3) is 3.89. The number of ether oxygens (including phenoxy) is 2. The summed E-state index contributed by atoms with van der Waals surface area (Å²) in [4.78, 5) is 39.0. The quantitative estimate of drug-likeness (QED) is 0.853. The number of piperidine rings is 1. The maximum absolute atomic E-state index is 12.6. The van der Waals surface area contributed by atoms with Crippen LogP contribution in [0.25, 0.3) is 0 Å². The van der Waals surface area contributed by atoms with E-state index in [1.165, 1.54) is 9.80 Å². The molecule has 1 saturated heterocycles. The fourth-order valence-electron chi connectivity index (χ4n) is 3.18. The molecule has 2 aliphatic rings. The first-order valence-electron chi connectivity index (χ1n) is 8.61. The summed E-state index contributed by atoms with van der Waals surface area (Å²) in [5.41, 5.74) is 0.409. The first-order chi connectivity index (χ1) is 12.5. The molecule has 8 heteroatoms. The van der Waals surface area contributed by atoms with Gasteiger partial charge in [-0.2, -0.15) is 0 Å². The van der Waals surface area contributed by atoms with Crippen molar-refractivity contribution in [1.82, 2.24) is 9.80 Å². The van der Waals surface area contributed by atoms with Crippen LogP contribution >= 0.6 is 0 Å². The molecule has 0 aromatic heterocycles. The maximum Gasteiger partial charge on any atom is 0.308 e. The molecular weight excluding hydrogens is 340 g/mol. The summed E-state index contributed by atoms with van der Waals surface area (Å²) in [6.45, 7) is 1.52. The highest BCUT2D eigenvalue weighted by molar-refractivity contribution is 5.97. The Hall–Kier alpha value is -2.77. The smallest absolute Gasteiger partial charge is 0.308 e. The van der Waals surface area contributed by atoms with Gasteiger partial charge >= 0.3 is 5.97 Å². The fourth-order valence-corrected chi connectivity index (χ4v) is 3.18. The second-order valence-corrected chi connectivity index (χ2v) is 6.54. The van der Waals surface area contributed by atoms with E-state index in [0.717, 1.165) is 0 Å². The van der Waals surface area contributed by atoms with Crippen LogP contribution in [0.1, 0.15) is 23.2 Å². The van der Waals surface area contributed by atoms with E-state index in [1.807, 2.05) is 0 Å². The fraction of sp³-hybridized carbons (Fsp3) is 0.500. The summed E-state index contributed by atoms with van der Waals surface area (Å²) in [6.07, 6.45) is 1.23. The highest BCUT2D eigenvalue weighted by Gasteiger charge is 2.29. The molecule has 140 valence electrons. The molecule has 3 rings (SSSR count). The van der Waals surface area contributed by atoms with Crippen molar-refractivity contribution in [3.05, 3.63) is 23.8 Å². The molecule has 2 aliphatic heterocycles. The van der Waals surface area contributed by atoms with Gasteiger partial charge in [0, 0.05) is 25.7 Å². The number of nitrogens with zero attached hydrogens (tertiary/aromatic N) is 2. The molecule has 2 amide bonds. The topological polar surface area (TPSA) is 96.4 Å². The number of likely N-dealkylation sites (tertiary alicyclic amines) is 1. The molecule has 0 aliphatic carbocycles. The molecule has 26 heavy (non-hydrogen) atoms. The third-order valence-electron chi connectivity index (χ3n) is 4.63. The first kappa shape index (κ1) is 18.0. The zero-order valence-electron chi connectivity index (χ0n) is 14.6. The van der Waals surface area contributed by atoms with Gasteiger partial charge in [0.2, 0.25) is 5.91 Å². The van der Waals surface area contributed by atoms with E-state index in [9.17, 15) is 14.4 Å². The Morgan fingerprint density at radius 2 is 1.96 bits per heavy atom. The van der Waals surface area contributed by atoms with Gasteiger partial charge in [-0.3, -0.25) is 14.4 Å². The Kier molecular flexibility index (Phi) is 5.29. The number of hydrogen-bond acceptors (Lipinski definition) is 5. The molecule has 0 spiro atoms. The molecule has 1 aromatic rings. The van der Waals surface area contributed by atoms with Gasteiger partial charge in [-0.15, -0.1) is 0 Å². The molecule has 1 aromatic carbocycles. The summed E-state index contributed by atoms with van der Waals surface area (Å²) in [5.74, 6) is -0.858. The number of rotatable bonds is 4. The van der Waals surface area contributed by atoms with Gasteiger partial charge in [0.15, 0.2) is 11.5 Å². The zero-order valence-corrected chi connectivity index (χ0v) is 14.6. The Balaban J connectivity index is 1.62. The molecule has 2 heterocycles. The highest BCUT2D eigenvalue weighted by Crippen LogP contribution is 2.31. The van der Waals surface area contributed by atoms with Crippen molar-refractivity contribution < 1.29 is 29.0 Å². The van der Waals surface area contributed by atoms with Crippen molar-refractivity contribution in [2.24, 2.45) is 5.92 Å². The van der Waals surface area contributed by atoms with E-state index in [2.05, 4.69) is 0 Å². The first-order valence-corrected chi connectivity index (χ1v) is 8.61. The highest BCUT2D eigenvalue weighted by atomic mass is 16.6. The molecule has 1 N–H and O–H groups in total. The number of carboxylic acids is 1. The number of amides is 2. The number of carboxylic acid groups (broad SMARTS) is 1. The molecule has 0 bridgehead atoms. The van der Waals surface area contributed by atoms with Crippen LogP contribution in [0.5, 0.6) is 11.5 Å². The van der Waals surface area contributed by atoms with Gasteiger partial charge in [0.25, 0.3) is 5.91 Å². The molecule has 0 radical (unpaired) electrons. The Morgan fingerprint density at radius 1 is 1.23 bits per heavy atom. The lowest BCUT2D eigenvalue weighted by Gasteiger charge is -2.32. The van der Waals surface area contributed by atoms with Crippen LogP contribution in [0.3, 0.4) is 0 Å². The minimum Gasteiger partial charge on any atom is -0.486 e. The van der Waals surface area contributed by atoms with Crippen molar-refractivity contribution in [1.29, 1.82) is 0 Å². The summed E-state index contributed by atoms with van der Waals surface area (Å²) < 4.78 is 10.9. The van der Waals surface area contributed by atoms with Crippen molar-refractivity contribution in [2.45, 2.75) is 12.8 Å². The lowest BCUT2D eigenvalue weighted by Crippen LogP contribution is -2.46. The van der Waals surface area contributed by atoms with E-state index >= 15 is 0 Å². The normalized spacial score (nSPS) is 19.0. The average Bonchev–Trinajstić information content (AvgIpc) is 2.67. The van der Waals surface area contributed by atoms with E-state index in [0.29, 0.717) is 49.7 Å². The summed E-state index contributed by atoms with van der Waals surface area (Å²) in [5, 5.41) is 9.13. The maximum atomic E-state index is 12.6. The van der Waals surface area contributed by atoms with Crippen molar-refractivity contribution in [3.63, 3.8) is 0 Å². The van der Waals surface area contributed by atoms with E-state index < -0.39 is 11.9 Å². The zero-order chi connectivity index (χ0) is 18.7. The summed E-state index contributed by atoms with van der Waals surface area (Å²) in [7, 11) is 1.55. The van der Waals surface area contributed by atoms with Crippen LogP contribution in [0.15, 0.2) is 18.2 Å². The standard InChI is InChI=1S/C18H22N2O6/c1-19(11-16(21)20-6-2-3-13(10-20)18(23)24)17(22)12-4-5-14-15(9-12)26-8-7-25-14/h4-5,9,13H,2-3,6-8,10-11H2,1H3,(H,23,24). The minimum atomic E-state index is -0.886.